The second-order valence-electron chi connectivity index (χ2n) is 4.37. The Bertz CT molecular complexity index is 457. The number of amides is 2. The zero-order chi connectivity index (χ0) is 12.8. The molecule has 2 amide bonds. The van der Waals surface area contributed by atoms with Gasteiger partial charge in [0.25, 0.3) is 0 Å². The number of carbonyl (C=O) groups excluding carboxylic acids is 1. The second kappa shape index (κ2) is 6.19. The van der Waals surface area contributed by atoms with Crippen LogP contribution in [0, 0.1) is 5.82 Å². The van der Waals surface area contributed by atoms with Gasteiger partial charge in [0.1, 0.15) is 5.82 Å². The Balaban J connectivity index is 1.81. The van der Waals surface area contributed by atoms with Gasteiger partial charge in [-0.2, -0.15) is 0 Å². The van der Waals surface area contributed by atoms with Crippen LogP contribution >= 0.6 is 0 Å². The summed E-state index contributed by atoms with van der Waals surface area (Å²) in [6.45, 7) is 0.200. The predicted molar refractivity (Wildman–Crippen MR) is 68.3 cm³/mol. The van der Waals surface area contributed by atoms with Gasteiger partial charge in [-0.25, -0.2) is 9.18 Å². The number of rotatable bonds is 3. The first-order chi connectivity index (χ1) is 8.75. The van der Waals surface area contributed by atoms with E-state index in [1.807, 2.05) is 6.08 Å². The van der Waals surface area contributed by atoms with Gasteiger partial charge in [0, 0.05) is 17.8 Å². The molecule has 1 aromatic carbocycles. The fourth-order valence-corrected chi connectivity index (χ4v) is 1.96. The lowest BCUT2D eigenvalue weighted by molar-refractivity contribution is 0.242. The Morgan fingerprint density at radius 3 is 2.83 bits per heavy atom. The van der Waals surface area contributed by atoms with E-state index in [2.05, 4.69) is 10.6 Å². The molecule has 18 heavy (non-hydrogen) atoms. The van der Waals surface area contributed by atoms with Crippen molar-refractivity contribution in [3.8, 4) is 0 Å². The lowest BCUT2D eigenvalue weighted by Gasteiger charge is -2.14. The van der Waals surface area contributed by atoms with Crippen molar-refractivity contribution in [3.63, 3.8) is 0 Å². The van der Waals surface area contributed by atoms with Crippen LogP contribution < -0.4 is 10.6 Å². The van der Waals surface area contributed by atoms with Crippen LogP contribution in [0.15, 0.2) is 36.0 Å². The topological polar surface area (TPSA) is 41.1 Å². The summed E-state index contributed by atoms with van der Waals surface area (Å²) in [5.41, 5.74) is 1.46. The summed E-state index contributed by atoms with van der Waals surface area (Å²) in [6, 6.07) is 6.16. The van der Waals surface area contributed by atoms with Crippen LogP contribution in [0.5, 0.6) is 0 Å². The smallest absolute Gasteiger partial charge is 0.319 e. The number of benzene rings is 1. The van der Waals surface area contributed by atoms with Crippen LogP contribution in [-0.4, -0.2) is 6.03 Å². The monoisotopic (exact) mass is 248 g/mol. The largest absolute Gasteiger partial charge is 0.334 e. The van der Waals surface area contributed by atoms with Crippen molar-refractivity contribution >= 4 is 6.03 Å². The van der Waals surface area contributed by atoms with E-state index in [4.69, 9.17) is 0 Å². The van der Waals surface area contributed by atoms with E-state index in [1.165, 1.54) is 12.5 Å². The first-order valence-electron chi connectivity index (χ1n) is 6.23. The molecule has 0 fully saturated rings. The number of hydrogen-bond acceptors (Lipinski definition) is 1. The SMILES string of the molecule is O=C(NCc1ccccc1F)NC1=CCCCC1. The second-order valence-corrected chi connectivity index (χ2v) is 4.37. The Kier molecular flexibility index (Phi) is 4.34. The van der Waals surface area contributed by atoms with E-state index in [-0.39, 0.29) is 18.4 Å². The minimum absolute atomic E-state index is 0.200. The number of allylic oxidation sites excluding steroid dienone is 2. The summed E-state index contributed by atoms with van der Waals surface area (Å²) in [5.74, 6) is -0.297. The average Bonchev–Trinajstić information content (AvgIpc) is 2.39. The maximum Gasteiger partial charge on any atom is 0.319 e. The molecule has 1 aromatic rings. The van der Waals surface area contributed by atoms with Crippen LogP contribution in [0.25, 0.3) is 0 Å². The molecule has 0 bridgehead atoms. The molecule has 4 heteroatoms. The van der Waals surface area contributed by atoms with Crippen molar-refractivity contribution < 1.29 is 9.18 Å². The average molecular weight is 248 g/mol. The van der Waals surface area contributed by atoms with Crippen LogP contribution in [0.4, 0.5) is 9.18 Å². The van der Waals surface area contributed by atoms with Gasteiger partial charge in [-0.3, -0.25) is 0 Å². The van der Waals surface area contributed by atoms with Crippen molar-refractivity contribution in [2.45, 2.75) is 32.2 Å². The van der Waals surface area contributed by atoms with E-state index in [9.17, 15) is 9.18 Å². The van der Waals surface area contributed by atoms with E-state index < -0.39 is 0 Å². The van der Waals surface area contributed by atoms with Crippen LogP contribution in [0.3, 0.4) is 0 Å². The highest BCUT2D eigenvalue weighted by molar-refractivity contribution is 5.75. The molecule has 1 aliphatic rings. The lowest BCUT2D eigenvalue weighted by atomic mass is 10.1. The fourth-order valence-electron chi connectivity index (χ4n) is 1.96. The number of carbonyl (C=O) groups is 1. The first-order valence-corrected chi connectivity index (χ1v) is 6.23. The Morgan fingerprint density at radius 1 is 1.28 bits per heavy atom. The van der Waals surface area contributed by atoms with Gasteiger partial charge in [0.05, 0.1) is 0 Å². The van der Waals surface area contributed by atoms with E-state index >= 15 is 0 Å². The zero-order valence-electron chi connectivity index (χ0n) is 10.2. The van der Waals surface area contributed by atoms with Crippen LogP contribution in [0.1, 0.15) is 31.2 Å². The number of nitrogens with one attached hydrogen (secondary N) is 2. The minimum Gasteiger partial charge on any atom is -0.334 e. The maximum absolute atomic E-state index is 13.3. The molecule has 2 N–H and O–H groups in total. The molecule has 1 aliphatic carbocycles. The highest BCUT2D eigenvalue weighted by atomic mass is 19.1. The van der Waals surface area contributed by atoms with Gasteiger partial charge in [-0.1, -0.05) is 24.3 Å². The van der Waals surface area contributed by atoms with Gasteiger partial charge in [0.15, 0.2) is 0 Å². The Morgan fingerprint density at radius 2 is 2.11 bits per heavy atom. The van der Waals surface area contributed by atoms with Crippen molar-refractivity contribution in [1.82, 2.24) is 10.6 Å². The molecule has 0 unspecified atom stereocenters. The van der Waals surface area contributed by atoms with Crippen LogP contribution in [-0.2, 0) is 6.54 Å². The molecule has 96 valence electrons. The van der Waals surface area contributed by atoms with Crippen LogP contribution in [0.2, 0.25) is 0 Å². The third kappa shape index (κ3) is 3.58. The molecule has 0 saturated carbocycles. The number of urea groups is 1. The number of hydrogen-bond donors (Lipinski definition) is 2. The highest BCUT2D eigenvalue weighted by Gasteiger charge is 2.08. The summed E-state index contributed by atoms with van der Waals surface area (Å²) in [5, 5.41) is 5.45. The van der Waals surface area contributed by atoms with E-state index in [1.54, 1.807) is 18.2 Å². The molecule has 0 saturated heterocycles. The van der Waals surface area contributed by atoms with Gasteiger partial charge in [-0.05, 0) is 31.7 Å². The summed E-state index contributed by atoms with van der Waals surface area (Å²) in [4.78, 5) is 11.6. The number of halogens is 1. The summed E-state index contributed by atoms with van der Waals surface area (Å²) in [7, 11) is 0. The molecule has 0 radical (unpaired) electrons. The van der Waals surface area contributed by atoms with E-state index in [0.717, 1.165) is 25.0 Å². The molecule has 0 heterocycles. The molecule has 3 nitrogen and oxygen atoms in total. The highest BCUT2D eigenvalue weighted by Crippen LogP contribution is 2.14. The third-order valence-corrected chi connectivity index (χ3v) is 2.96. The lowest BCUT2D eigenvalue weighted by Crippen LogP contribution is -2.35. The normalized spacial score (nSPS) is 14.8. The summed E-state index contributed by atoms with van der Waals surface area (Å²) < 4.78 is 13.3. The molecule has 0 aliphatic heterocycles. The van der Waals surface area contributed by atoms with Gasteiger partial charge in [-0.15, -0.1) is 0 Å². The van der Waals surface area contributed by atoms with Crippen molar-refractivity contribution in [1.29, 1.82) is 0 Å². The van der Waals surface area contributed by atoms with Crippen molar-refractivity contribution in [2.24, 2.45) is 0 Å². The van der Waals surface area contributed by atoms with Crippen molar-refractivity contribution in [2.75, 3.05) is 0 Å². The van der Waals surface area contributed by atoms with Gasteiger partial charge in [0.2, 0.25) is 0 Å². The standard InChI is InChI=1S/C14H17FN2O/c15-13-9-5-4-6-11(13)10-16-14(18)17-12-7-2-1-3-8-12/h4-7,9H,1-3,8,10H2,(H2,16,17,18). The molecule has 0 aromatic heterocycles. The maximum atomic E-state index is 13.3. The zero-order valence-corrected chi connectivity index (χ0v) is 10.2. The van der Waals surface area contributed by atoms with E-state index in [0.29, 0.717) is 5.56 Å². The minimum atomic E-state index is -0.297. The van der Waals surface area contributed by atoms with Gasteiger partial charge >= 0.3 is 6.03 Å². The first kappa shape index (κ1) is 12.6. The third-order valence-electron chi connectivity index (χ3n) is 2.96. The Hall–Kier alpha value is -1.84. The van der Waals surface area contributed by atoms with Crippen molar-refractivity contribution in [3.05, 3.63) is 47.4 Å². The Labute approximate surface area is 106 Å². The molecule has 0 atom stereocenters. The molecular formula is C14H17FN2O. The molecule has 0 spiro atoms. The molecular weight excluding hydrogens is 231 g/mol. The predicted octanol–water partition coefficient (Wildman–Crippen LogP) is 3.08. The molecule has 2 rings (SSSR count). The van der Waals surface area contributed by atoms with Gasteiger partial charge < -0.3 is 10.6 Å². The summed E-state index contributed by atoms with van der Waals surface area (Å²) in [6.07, 6.45) is 6.27. The quantitative estimate of drug-likeness (QED) is 0.848. The fraction of sp³-hybridized carbons (Fsp3) is 0.357. The summed E-state index contributed by atoms with van der Waals surface area (Å²) >= 11 is 0.